The Morgan fingerprint density at radius 2 is 2.05 bits per heavy atom. The number of nitrogen functional groups attached to an aromatic ring is 1. The van der Waals surface area contributed by atoms with Crippen LogP contribution in [0.2, 0.25) is 5.02 Å². The van der Waals surface area contributed by atoms with Crippen molar-refractivity contribution in [3.63, 3.8) is 0 Å². The molecule has 2 saturated carbocycles. The predicted octanol–water partition coefficient (Wildman–Crippen LogP) is 2.39. The van der Waals surface area contributed by atoms with Crippen molar-refractivity contribution in [1.82, 2.24) is 4.72 Å². The number of nitrogens with one attached hydrogen (secondary N) is 1. The molecule has 2 aliphatic carbocycles. The van der Waals surface area contributed by atoms with Crippen molar-refractivity contribution in [1.29, 1.82) is 0 Å². The lowest BCUT2D eigenvalue weighted by Crippen LogP contribution is -2.31. The molecular weight excluding hydrogens is 284 g/mol. The standard InChI is InChI=1S/C13H17ClN2O2S/c14-11-7-10(15)3-4-12(11)19(17,18)16-8-13(5-6-13)9-1-2-9/h3-4,7,9,16H,1-2,5-6,8,15H2. The average molecular weight is 301 g/mol. The van der Waals surface area contributed by atoms with E-state index in [1.54, 1.807) is 6.07 Å². The van der Waals surface area contributed by atoms with Crippen LogP contribution in [0.15, 0.2) is 23.1 Å². The van der Waals surface area contributed by atoms with Gasteiger partial charge in [0.25, 0.3) is 0 Å². The maximum atomic E-state index is 12.2. The lowest BCUT2D eigenvalue weighted by Gasteiger charge is -2.15. The van der Waals surface area contributed by atoms with Gasteiger partial charge in [-0.1, -0.05) is 11.6 Å². The molecular formula is C13H17ClN2O2S. The number of hydrogen-bond acceptors (Lipinski definition) is 3. The van der Waals surface area contributed by atoms with E-state index in [9.17, 15) is 8.42 Å². The molecule has 0 spiro atoms. The predicted molar refractivity (Wildman–Crippen MR) is 75.4 cm³/mol. The summed E-state index contributed by atoms with van der Waals surface area (Å²) in [6, 6.07) is 4.47. The van der Waals surface area contributed by atoms with Crippen LogP contribution in [-0.2, 0) is 10.0 Å². The fourth-order valence-corrected chi connectivity index (χ4v) is 4.33. The minimum atomic E-state index is -3.54. The Kier molecular flexibility index (Phi) is 3.04. The lowest BCUT2D eigenvalue weighted by atomic mass is 10.0. The van der Waals surface area contributed by atoms with Gasteiger partial charge >= 0.3 is 0 Å². The van der Waals surface area contributed by atoms with E-state index >= 15 is 0 Å². The van der Waals surface area contributed by atoms with Crippen LogP contribution in [0.4, 0.5) is 5.69 Å². The third-order valence-electron chi connectivity index (χ3n) is 4.20. The number of benzene rings is 1. The summed E-state index contributed by atoms with van der Waals surface area (Å²) in [6.45, 7) is 0.528. The third kappa shape index (κ3) is 2.59. The topological polar surface area (TPSA) is 72.2 Å². The molecule has 0 amide bonds. The molecule has 104 valence electrons. The van der Waals surface area contributed by atoms with Gasteiger partial charge in [-0.15, -0.1) is 0 Å². The highest BCUT2D eigenvalue weighted by Gasteiger charge is 2.53. The van der Waals surface area contributed by atoms with Gasteiger partial charge in [-0.05, 0) is 55.2 Å². The molecule has 2 aliphatic rings. The monoisotopic (exact) mass is 300 g/mol. The zero-order valence-electron chi connectivity index (χ0n) is 10.5. The van der Waals surface area contributed by atoms with E-state index in [0.29, 0.717) is 12.2 Å². The maximum absolute atomic E-state index is 12.2. The maximum Gasteiger partial charge on any atom is 0.242 e. The molecule has 0 aromatic heterocycles. The molecule has 19 heavy (non-hydrogen) atoms. The van der Waals surface area contributed by atoms with Gasteiger partial charge in [-0.2, -0.15) is 0 Å². The van der Waals surface area contributed by atoms with Crippen molar-refractivity contribution in [2.24, 2.45) is 11.3 Å². The Labute approximate surface area is 118 Å². The third-order valence-corrected chi connectivity index (χ3v) is 6.08. The van der Waals surface area contributed by atoms with Gasteiger partial charge in [0.05, 0.1) is 5.02 Å². The molecule has 4 nitrogen and oxygen atoms in total. The van der Waals surface area contributed by atoms with Gasteiger partial charge in [-0.25, -0.2) is 13.1 Å². The summed E-state index contributed by atoms with van der Waals surface area (Å²) in [6.07, 6.45) is 4.75. The normalized spacial score (nSPS) is 21.3. The van der Waals surface area contributed by atoms with E-state index in [1.807, 2.05) is 0 Å². The molecule has 3 N–H and O–H groups in total. The Morgan fingerprint density at radius 1 is 1.37 bits per heavy atom. The molecule has 0 heterocycles. The molecule has 1 aromatic carbocycles. The molecule has 0 unspecified atom stereocenters. The Hall–Kier alpha value is -0.780. The first-order valence-electron chi connectivity index (χ1n) is 6.48. The zero-order chi connectivity index (χ0) is 13.7. The lowest BCUT2D eigenvalue weighted by molar-refractivity contribution is 0.432. The van der Waals surface area contributed by atoms with Gasteiger partial charge < -0.3 is 5.73 Å². The van der Waals surface area contributed by atoms with E-state index in [4.69, 9.17) is 17.3 Å². The Bertz CT molecular complexity index is 607. The molecule has 2 fully saturated rings. The summed E-state index contributed by atoms with van der Waals surface area (Å²) in [5.41, 5.74) is 6.26. The van der Waals surface area contributed by atoms with Crippen LogP contribution in [0.5, 0.6) is 0 Å². The minimum absolute atomic E-state index is 0.106. The second-order valence-electron chi connectivity index (χ2n) is 5.65. The number of hydrogen-bond donors (Lipinski definition) is 2. The summed E-state index contributed by atoms with van der Waals surface area (Å²) >= 11 is 5.96. The quantitative estimate of drug-likeness (QED) is 0.820. The van der Waals surface area contributed by atoms with Crippen molar-refractivity contribution in [2.75, 3.05) is 12.3 Å². The van der Waals surface area contributed by atoms with Crippen LogP contribution >= 0.6 is 11.6 Å². The molecule has 6 heteroatoms. The second kappa shape index (κ2) is 4.36. The first-order valence-corrected chi connectivity index (χ1v) is 8.34. The van der Waals surface area contributed by atoms with Crippen molar-refractivity contribution < 1.29 is 8.42 Å². The highest BCUT2D eigenvalue weighted by Crippen LogP contribution is 2.60. The Balaban J connectivity index is 1.75. The van der Waals surface area contributed by atoms with E-state index in [2.05, 4.69) is 4.72 Å². The van der Waals surface area contributed by atoms with Gasteiger partial charge in [0.2, 0.25) is 10.0 Å². The Morgan fingerprint density at radius 3 is 2.58 bits per heavy atom. The summed E-state index contributed by atoms with van der Waals surface area (Å²) in [7, 11) is -3.54. The van der Waals surface area contributed by atoms with Crippen LogP contribution in [0.25, 0.3) is 0 Å². The van der Waals surface area contributed by atoms with Crippen LogP contribution in [0.3, 0.4) is 0 Å². The van der Waals surface area contributed by atoms with Crippen molar-refractivity contribution in [2.45, 2.75) is 30.6 Å². The van der Waals surface area contributed by atoms with Gasteiger partial charge in [0.1, 0.15) is 4.90 Å². The smallest absolute Gasteiger partial charge is 0.242 e. The van der Waals surface area contributed by atoms with Crippen LogP contribution in [0.1, 0.15) is 25.7 Å². The van der Waals surface area contributed by atoms with Crippen LogP contribution in [-0.4, -0.2) is 15.0 Å². The van der Waals surface area contributed by atoms with Crippen molar-refractivity contribution in [3.8, 4) is 0 Å². The fraction of sp³-hybridized carbons (Fsp3) is 0.538. The van der Waals surface area contributed by atoms with Crippen molar-refractivity contribution >= 4 is 27.3 Å². The average Bonchev–Trinajstić information content (AvgIpc) is 3.19. The summed E-state index contributed by atoms with van der Waals surface area (Å²) in [5.74, 6) is 0.720. The highest BCUT2D eigenvalue weighted by atomic mass is 35.5. The molecule has 0 bridgehead atoms. The molecule has 1 aromatic rings. The summed E-state index contributed by atoms with van der Waals surface area (Å²) in [4.78, 5) is 0.106. The van der Waals surface area contributed by atoms with Gasteiger partial charge in [-0.3, -0.25) is 0 Å². The molecule has 3 rings (SSSR count). The second-order valence-corrected chi connectivity index (χ2v) is 7.79. The fourth-order valence-electron chi connectivity index (χ4n) is 2.64. The number of anilines is 1. The minimum Gasteiger partial charge on any atom is -0.399 e. The zero-order valence-corrected chi connectivity index (χ0v) is 12.1. The summed E-state index contributed by atoms with van der Waals surface area (Å²) in [5, 5.41) is 0.170. The van der Waals surface area contributed by atoms with Crippen LogP contribution < -0.4 is 10.5 Å². The number of sulfonamides is 1. The first kappa shape index (κ1) is 13.2. The molecule has 0 aliphatic heterocycles. The van der Waals surface area contributed by atoms with Gasteiger partial charge in [0, 0.05) is 12.2 Å². The van der Waals surface area contributed by atoms with Crippen LogP contribution in [0, 0.1) is 11.3 Å². The van der Waals surface area contributed by atoms with E-state index in [1.165, 1.54) is 25.0 Å². The van der Waals surface area contributed by atoms with E-state index < -0.39 is 10.0 Å². The molecule has 0 radical (unpaired) electrons. The molecule has 0 saturated heterocycles. The SMILES string of the molecule is Nc1ccc(S(=O)(=O)NCC2(C3CC3)CC2)c(Cl)c1. The van der Waals surface area contributed by atoms with E-state index in [-0.39, 0.29) is 15.3 Å². The number of halogens is 1. The molecule has 0 atom stereocenters. The van der Waals surface area contributed by atoms with Crippen molar-refractivity contribution in [3.05, 3.63) is 23.2 Å². The number of rotatable bonds is 5. The highest BCUT2D eigenvalue weighted by molar-refractivity contribution is 7.89. The number of nitrogens with two attached hydrogens (primary N) is 1. The largest absolute Gasteiger partial charge is 0.399 e. The summed E-state index contributed by atoms with van der Waals surface area (Å²) < 4.78 is 27.2. The van der Waals surface area contributed by atoms with Gasteiger partial charge in [0.15, 0.2) is 0 Å². The van der Waals surface area contributed by atoms with E-state index in [0.717, 1.165) is 18.8 Å². The first-order chi connectivity index (χ1) is 8.93.